The summed E-state index contributed by atoms with van der Waals surface area (Å²) in [4.78, 5) is 4.28. The molecule has 7 heteroatoms. The molecular formula is C19H23N3O3S. The molecule has 0 radical (unpaired) electrons. The predicted octanol–water partition coefficient (Wildman–Crippen LogP) is 2.93. The summed E-state index contributed by atoms with van der Waals surface area (Å²) < 4.78 is 10.7. The van der Waals surface area contributed by atoms with Crippen molar-refractivity contribution >= 4 is 28.7 Å². The van der Waals surface area contributed by atoms with Crippen LogP contribution in [-0.4, -0.2) is 55.5 Å². The number of anilines is 2. The number of methoxy groups -OCH3 is 2. The first kappa shape index (κ1) is 18.1. The van der Waals surface area contributed by atoms with Crippen LogP contribution in [0.3, 0.4) is 0 Å². The molecule has 2 aromatic rings. The topological polar surface area (TPSA) is 57.2 Å². The van der Waals surface area contributed by atoms with Gasteiger partial charge in [-0.3, -0.25) is 0 Å². The quantitative estimate of drug-likeness (QED) is 0.799. The van der Waals surface area contributed by atoms with Gasteiger partial charge in [0.1, 0.15) is 17.2 Å². The number of rotatable bonds is 4. The van der Waals surface area contributed by atoms with Gasteiger partial charge in [0.05, 0.1) is 25.6 Å². The normalized spacial score (nSPS) is 14.1. The fraction of sp³-hybridized carbons (Fsp3) is 0.316. The van der Waals surface area contributed by atoms with E-state index in [-0.39, 0.29) is 0 Å². The van der Waals surface area contributed by atoms with Crippen LogP contribution in [0.4, 0.5) is 11.4 Å². The minimum atomic E-state index is 0.308. The number of aromatic hydroxyl groups is 1. The van der Waals surface area contributed by atoms with Crippen LogP contribution in [0.2, 0.25) is 0 Å². The number of hydrogen-bond acceptors (Lipinski definition) is 5. The van der Waals surface area contributed by atoms with Crippen LogP contribution in [-0.2, 0) is 0 Å². The Morgan fingerprint density at radius 2 is 1.77 bits per heavy atom. The SMILES string of the molecule is COc1ccc(OC)c(NC(=S)N2CCN(c3ccccc3O)CC2)c1. The molecule has 1 aliphatic heterocycles. The first-order chi connectivity index (χ1) is 12.6. The molecule has 0 amide bonds. The van der Waals surface area contributed by atoms with Gasteiger partial charge in [0, 0.05) is 32.2 Å². The lowest BCUT2D eigenvalue weighted by atomic mass is 10.2. The van der Waals surface area contributed by atoms with Gasteiger partial charge >= 0.3 is 0 Å². The lowest BCUT2D eigenvalue weighted by molar-refractivity contribution is 0.386. The maximum absolute atomic E-state index is 10.0. The van der Waals surface area contributed by atoms with Crippen LogP contribution in [0, 0.1) is 0 Å². The highest BCUT2D eigenvalue weighted by molar-refractivity contribution is 7.80. The number of benzene rings is 2. The second kappa shape index (κ2) is 8.14. The Morgan fingerprint density at radius 3 is 2.42 bits per heavy atom. The molecule has 2 aromatic carbocycles. The van der Waals surface area contributed by atoms with E-state index in [0.29, 0.717) is 16.6 Å². The molecule has 138 valence electrons. The molecule has 6 nitrogen and oxygen atoms in total. The van der Waals surface area contributed by atoms with E-state index in [1.807, 2.05) is 36.4 Å². The number of piperazine rings is 1. The molecular weight excluding hydrogens is 350 g/mol. The van der Waals surface area contributed by atoms with Gasteiger partial charge in [-0.25, -0.2) is 0 Å². The Hall–Kier alpha value is -2.67. The average Bonchev–Trinajstić information content (AvgIpc) is 2.68. The molecule has 0 saturated carbocycles. The lowest BCUT2D eigenvalue weighted by Gasteiger charge is -2.37. The summed E-state index contributed by atoms with van der Waals surface area (Å²) in [6.45, 7) is 3.11. The van der Waals surface area contributed by atoms with Crippen LogP contribution < -0.4 is 19.7 Å². The molecule has 26 heavy (non-hydrogen) atoms. The van der Waals surface area contributed by atoms with Crippen molar-refractivity contribution in [3.05, 3.63) is 42.5 Å². The maximum Gasteiger partial charge on any atom is 0.173 e. The Morgan fingerprint density at radius 1 is 1.04 bits per heavy atom. The zero-order valence-electron chi connectivity index (χ0n) is 14.9. The Kier molecular flexibility index (Phi) is 5.68. The van der Waals surface area contributed by atoms with E-state index in [9.17, 15) is 5.11 Å². The minimum absolute atomic E-state index is 0.308. The van der Waals surface area contributed by atoms with Gasteiger partial charge in [-0.05, 0) is 36.5 Å². The third kappa shape index (κ3) is 3.94. The maximum atomic E-state index is 10.0. The number of thiocarbonyl (C=S) groups is 1. The van der Waals surface area contributed by atoms with Gasteiger partial charge in [-0.15, -0.1) is 0 Å². The highest BCUT2D eigenvalue weighted by atomic mass is 32.1. The van der Waals surface area contributed by atoms with Crippen molar-refractivity contribution in [3.63, 3.8) is 0 Å². The highest BCUT2D eigenvalue weighted by Gasteiger charge is 2.21. The molecule has 1 heterocycles. The predicted molar refractivity (Wildman–Crippen MR) is 108 cm³/mol. The number of para-hydroxylation sites is 2. The number of phenolic OH excluding ortho intramolecular Hbond substituents is 1. The number of phenols is 1. The third-order valence-corrected chi connectivity index (χ3v) is 4.80. The molecule has 0 bridgehead atoms. The monoisotopic (exact) mass is 373 g/mol. The van der Waals surface area contributed by atoms with Crippen molar-refractivity contribution in [2.24, 2.45) is 0 Å². The Bertz CT molecular complexity index is 776. The van der Waals surface area contributed by atoms with Crippen molar-refractivity contribution < 1.29 is 14.6 Å². The molecule has 0 atom stereocenters. The summed E-state index contributed by atoms with van der Waals surface area (Å²) in [6.07, 6.45) is 0. The second-order valence-corrected chi connectivity index (χ2v) is 6.35. The minimum Gasteiger partial charge on any atom is -0.506 e. The average molecular weight is 373 g/mol. The zero-order chi connectivity index (χ0) is 18.5. The van der Waals surface area contributed by atoms with E-state index < -0.39 is 0 Å². The first-order valence-electron chi connectivity index (χ1n) is 8.43. The van der Waals surface area contributed by atoms with Crippen molar-refractivity contribution in [2.45, 2.75) is 0 Å². The van der Waals surface area contributed by atoms with Gasteiger partial charge in [0.15, 0.2) is 5.11 Å². The van der Waals surface area contributed by atoms with E-state index in [0.717, 1.165) is 43.3 Å². The Labute approximate surface area is 158 Å². The van der Waals surface area contributed by atoms with Crippen LogP contribution in [0.1, 0.15) is 0 Å². The van der Waals surface area contributed by atoms with Crippen LogP contribution >= 0.6 is 12.2 Å². The van der Waals surface area contributed by atoms with Crippen molar-refractivity contribution in [1.82, 2.24) is 4.90 Å². The third-order valence-electron chi connectivity index (χ3n) is 4.44. The van der Waals surface area contributed by atoms with Crippen molar-refractivity contribution in [3.8, 4) is 17.2 Å². The molecule has 0 unspecified atom stereocenters. The number of nitrogens with one attached hydrogen (secondary N) is 1. The zero-order valence-corrected chi connectivity index (χ0v) is 15.8. The van der Waals surface area contributed by atoms with Crippen LogP contribution in [0.15, 0.2) is 42.5 Å². The molecule has 1 aliphatic rings. The lowest BCUT2D eigenvalue weighted by Crippen LogP contribution is -2.50. The molecule has 1 saturated heterocycles. The van der Waals surface area contributed by atoms with Gasteiger partial charge in [0.2, 0.25) is 0 Å². The largest absolute Gasteiger partial charge is 0.506 e. The summed E-state index contributed by atoms with van der Waals surface area (Å²) in [7, 11) is 3.25. The van der Waals surface area contributed by atoms with Gasteiger partial charge in [-0.1, -0.05) is 12.1 Å². The van der Waals surface area contributed by atoms with E-state index in [1.54, 1.807) is 20.3 Å². The first-order valence-corrected chi connectivity index (χ1v) is 8.84. The smallest absolute Gasteiger partial charge is 0.173 e. The summed E-state index contributed by atoms with van der Waals surface area (Å²) in [5.41, 5.74) is 1.64. The Balaban J connectivity index is 1.63. The molecule has 2 N–H and O–H groups in total. The van der Waals surface area contributed by atoms with Crippen molar-refractivity contribution in [1.29, 1.82) is 0 Å². The van der Waals surface area contributed by atoms with Gasteiger partial charge < -0.3 is 29.7 Å². The fourth-order valence-electron chi connectivity index (χ4n) is 2.99. The fourth-order valence-corrected chi connectivity index (χ4v) is 3.28. The van der Waals surface area contributed by atoms with Crippen LogP contribution in [0.5, 0.6) is 17.2 Å². The van der Waals surface area contributed by atoms with E-state index in [2.05, 4.69) is 15.1 Å². The van der Waals surface area contributed by atoms with Crippen molar-refractivity contribution in [2.75, 3.05) is 50.6 Å². The molecule has 3 rings (SSSR count). The highest BCUT2D eigenvalue weighted by Crippen LogP contribution is 2.30. The van der Waals surface area contributed by atoms with Gasteiger partial charge in [-0.2, -0.15) is 0 Å². The molecule has 0 aromatic heterocycles. The summed E-state index contributed by atoms with van der Waals surface area (Å²) in [5.74, 6) is 1.75. The number of ether oxygens (including phenoxy) is 2. The second-order valence-electron chi connectivity index (χ2n) is 5.96. The molecule has 0 spiro atoms. The molecule has 1 fully saturated rings. The van der Waals surface area contributed by atoms with E-state index in [1.165, 1.54) is 0 Å². The number of hydrogen-bond donors (Lipinski definition) is 2. The standard InChI is InChI=1S/C19H23N3O3S/c1-24-14-7-8-18(25-2)15(13-14)20-19(26)22-11-9-21(10-12-22)16-5-3-4-6-17(16)23/h3-8,13,23H,9-12H2,1-2H3,(H,20,26). The van der Waals surface area contributed by atoms with Crippen LogP contribution in [0.25, 0.3) is 0 Å². The van der Waals surface area contributed by atoms with Gasteiger partial charge in [0.25, 0.3) is 0 Å². The summed E-state index contributed by atoms with van der Waals surface area (Å²) in [5, 5.41) is 13.9. The van der Waals surface area contributed by atoms with E-state index in [4.69, 9.17) is 21.7 Å². The summed E-state index contributed by atoms with van der Waals surface area (Å²) in [6, 6.07) is 13.0. The summed E-state index contributed by atoms with van der Waals surface area (Å²) >= 11 is 5.57. The number of nitrogens with zero attached hydrogens (tertiary/aromatic N) is 2. The molecule has 0 aliphatic carbocycles. The van der Waals surface area contributed by atoms with E-state index >= 15 is 0 Å².